The van der Waals surface area contributed by atoms with Crippen LogP contribution in [0, 0.1) is 0 Å². The lowest BCUT2D eigenvalue weighted by atomic mass is 10.1. The number of rotatable bonds is 4. The lowest BCUT2D eigenvalue weighted by Gasteiger charge is -2.27. The third-order valence-electron chi connectivity index (χ3n) is 4.56. The lowest BCUT2D eigenvalue weighted by Crippen LogP contribution is -2.42. The summed E-state index contributed by atoms with van der Waals surface area (Å²) in [6, 6.07) is 3.17. The van der Waals surface area contributed by atoms with Gasteiger partial charge in [0.05, 0.1) is 23.2 Å². The predicted octanol–water partition coefficient (Wildman–Crippen LogP) is 1.31. The topological polar surface area (TPSA) is 122 Å². The third-order valence-corrected chi connectivity index (χ3v) is 7.07. The molecule has 28 heavy (non-hydrogen) atoms. The molecule has 2 aliphatic heterocycles. The van der Waals surface area contributed by atoms with Crippen molar-refractivity contribution < 1.29 is 18.0 Å². The molecule has 1 fully saturated rings. The molecule has 1 atom stereocenters. The molecule has 9 nitrogen and oxygen atoms in total. The van der Waals surface area contributed by atoms with E-state index in [2.05, 4.69) is 20.4 Å². The molecule has 0 bridgehead atoms. The minimum Gasteiger partial charge on any atom is -0.297 e. The summed E-state index contributed by atoms with van der Waals surface area (Å²) in [7, 11) is -3.16. The van der Waals surface area contributed by atoms with Crippen LogP contribution in [-0.2, 0) is 19.4 Å². The Morgan fingerprint density at radius 1 is 1.32 bits per heavy atom. The zero-order chi connectivity index (χ0) is 19.7. The van der Waals surface area contributed by atoms with E-state index < -0.39 is 21.8 Å². The Kier molecular flexibility index (Phi) is 4.94. The molecule has 2 aromatic rings. The van der Waals surface area contributed by atoms with Crippen molar-refractivity contribution in [3.63, 3.8) is 0 Å². The summed E-state index contributed by atoms with van der Waals surface area (Å²) in [6.45, 7) is 0. The van der Waals surface area contributed by atoms with Crippen LogP contribution in [0.2, 0.25) is 0 Å². The van der Waals surface area contributed by atoms with Gasteiger partial charge < -0.3 is 0 Å². The molecule has 1 saturated heterocycles. The van der Waals surface area contributed by atoms with Gasteiger partial charge in [-0.05, 0) is 18.6 Å². The number of pyridine rings is 1. The molecule has 2 amide bonds. The highest BCUT2D eigenvalue weighted by atomic mass is 32.2. The van der Waals surface area contributed by atoms with Gasteiger partial charge in [0.2, 0.25) is 5.91 Å². The predicted molar refractivity (Wildman–Crippen MR) is 105 cm³/mol. The number of thiazole rings is 1. The van der Waals surface area contributed by atoms with Crippen molar-refractivity contribution in [2.45, 2.75) is 25.3 Å². The van der Waals surface area contributed by atoms with Crippen molar-refractivity contribution >= 4 is 43.8 Å². The number of hydrogen-bond acceptors (Lipinski definition) is 8. The van der Waals surface area contributed by atoms with Crippen molar-refractivity contribution in [1.29, 1.82) is 0 Å². The Morgan fingerprint density at radius 3 is 2.89 bits per heavy atom. The van der Waals surface area contributed by atoms with E-state index in [0.29, 0.717) is 17.2 Å². The maximum Gasteiger partial charge on any atom is 0.273 e. The van der Waals surface area contributed by atoms with Gasteiger partial charge >= 0.3 is 0 Å². The summed E-state index contributed by atoms with van der Waals surface area (Å²) >= 11 is 1.28. The fourth-order valence-corrected chi connectivity index (χ4v) is 5.54. The van der Waals surface area contributed by atoms with Gasteiger partial charge in [-0.1, -0.05) is 0 Å². The number of nitrogens with one attached hydrogen (secondary N) is 1. The van der Waals surface area contributed by atoms with Gasteiger partial charge in [-0.15, -0.1) is 11.3 Å². The van der Waals surface area contributed by atoms with Crippen LogP contribution < -0.4 is 5.32 Å². The first kappa shape index (κ1) is 18.7. The van der Waals surface area contributed by atoms with E-state index in [4.69, 9.17) is 0 Å². The number of amides is 2. The van der Waals surface area contributed by atoms with Crippen LogP contribution in [0.4, 0.5) is 5.13 Å². The van der Waals surface area contributed by atoms with Gasteiger partial charge in [0.15, 0.2) is 15.0 Å². The highest BCUT2D eigenvalue weighted by Crippen LogP contribution is 2.25. The van der Waals surface area contributed by atoms with Crippen LogP contribution in [0.15, 0.2) is 35.0 Å². The maximum atomic E-state index is 12.6. The smallest absolute Gasteiger partial charge is 0.273 e. The van der Waals surface area contributed by atoms with Crippen molar-refractivity contribution in [1.82, 2.24) is 15.0 Å². The van der Waals surface area contributed by atoms with Crippen LogP contribution in [-0.4, -0.2) is 58.5 Å². The molecule has 0 radical (unpaired) electrons. The lowest BCUT2D eigenvalue weighted by molar-refractivity contribution is -0.133. The van der Waals surface area contributed by atoms with Crippen molar-refractivity contribution in [2.75, 3.05) is 16.8 Å². The molecular formula is C17H17N5O4S2. The van der Waals surface area contributed by atoms with Crippen LogP contribution in [0.3, 0.4) is 0 Å². The minimum atomic E-state index is -3.16. The molecule has 146 valence electrons. The molecular weight excluding hydrogens is 402 g/mol. The van der Waals surface area contributed by atoms with E-state index in [1.54, 1.807) is 18.5 Å². The molecule has 0 saturated carbocycles. The molecule has 0 aliphatic carbocycles. The first-order chi connectivity index (χ1) is 13.4. The second-order valence-electron chi connectivity index (χ2n) is 6.58. The number of carbonyl (C=O) groups is 2. The van der Waals surface area contributed by atoms with E-state index in [1.807, 2.05) is 11.4 Å². The summed E-state index contributed by atoms with van der Waals surface area (Å²) in [5, 5.41) is 10.3. The Morgan fingerprint density at radius 2 is 2.18 bits per heavy atom. The Balaban J connectivity index is 1.48. The summed E-state index contributed by atoms with van der Waals surface area (Å²) < 4.78 is 23.4. The first-order valence-electron chi connectivity index (χ1n) is 8.68. The second-order valence-corrected chi connectivity index (χ2v) is 9.66. The third kappa shape index (κ3) is 3.94. The Hall–Kier alpha value is -2.66. The normalized spacial score (nSPS) is 21.4. The highest BCUT2D eigenvalue weighted by molar-refractivity contribution is 7.91. The number of nitrogens with zero attached hydrogens (tertiary/aromatic N) is 4. The van der Waals surface area contributed by atoms with Crippen LogP contribution in [0.1, 0.15) is 19.3 Å². The summed E-state index contributed by atoms with van der Waals surface area (Å²) in [5.41, 5.74) is 1.74. The molecule has 1 N–H and O–H groups in total. The quantitative estimate of drug-likeness (QED) is 0.797. The van der Waals surface area contributed by atoms with Crippen molar-refractivity contribution in [3.05, 3.63) is 29.9 Å². The standard InChI is InChI=1S/C17H17N5O4S2/c23-15-4-3-13(21-22(15)12-5-7-28(25,26)10-12)16(24)20-17-19-14(9-27-17)11-2-1-6-18-8-11/h1-2,6,8-9,12H,3-5,7,10H2,(H,19,20,24)/t12-/m0/s1. The van der Waals surface area contributed by atoms with E-state index in [0.717, 1.165) is 5.56 Å². The molecule has 4 rings (SSSR count). The van der Waals surface area contributed by atoms with Crippen LogP contribution in [0.5, 0.6) is 0 Å². The zero-order valence-corrected chi connectivity index (χ0v) is 16.4. The zero-order valence-electron chi connectivity index (χ0n) is 14.7. The molecule has 0 spiro atoms. The van der Waals surface area contributed by atoms with Gasteiger partial charge in [-0.25, -0.2) is 18.4 Å². The van der Waals surface area contributed by atoms with Gasteiger partial charge in [-0.3, -0.25) is 19.9 Å². The van der Waals surface area contributed by atoms with E-state index in [-0.39, 0.29) is 36.0 Å². The van der Waals surface area contributed by atoms with Crippen LogP contribution in [0.25, 0.3) is 11.3 Å². The number of hydrogen-bond donors (Lipinski definition) is 1. The van der Waals surface area contributed by atoms with Gasteiger partial charge in [0.1, 0.15) is 5.71 Å². The number of carbonyl (C=O) groups excluding carboxylic acids is 2. The number of anilines is 1. The highest BCUT2D eigenvalue weighted by Gasteiger charge is 2.37. The minimum absolute atomic E-state index is 0.0364. The monoisotopic (exact) mass is 419 g/mol. The summed E-state index contributed by atoms with van der Waals surface area (Å²) in [6.07, 6.45) is 4.03. The average molecular weight is 419 g/mol. The van der Waals surface area contributed by atoms with Gasteiger partial charge in [0, 0.05) is 36.2 Å². The second kappa shape index (κ2) is 7.40. The molecule has 0 unspecified atom stereocenters. The van der Waals surface area contributed by atoms with Crippen molar-refractivity contribution in [3.8, 4) is 11.3 Å². The molecule has 0 aromatic carbocycles. The van der Waals surface area contributed by atoms with Crippen LogP contribution >= 0.6 is 11.3 Å². The molecule has 11 heteroatoms. The SMILES string of the molecule is O=C(Nc1nc(-c2cccnc2)cs1)C1=NN([C@H]2CCS(=O)(=O)C2)C(=O)CC1. The largest absolute Gasteiger partial charge is 0.297 e. The fourth-order valence-electron chi connectivity index (χ4n) is 3.14. The average Bonchev–Trinajstić information content (AvgIpc) is 3.29. The first-order valence-corrected chi connectivity index (χ1v) is 11.4. The Labute approximate surface area is 165 Å². The fraction of sp³-hybridized carbons (Fsp3) is 0.353. The molecule has 2 aromatic heterocycles. The molecule has 4 heterocycles. The maximum absolute atomic E-state index is 12.6. The van der Waals surface area contributed by atoms with Gasteiger partial charge in [-0.2, -0.15) is 5.10 Å². The Bertz CT molecular complexity index is 1050. The number of sulfone groups is 1. The summed E-state index contributed by atoms with van der Waals surface area (Å²) in [5.74, 6) is -0.774. The summed E-state index contributed by atoms with van der Waals surface area (Å²) in [4.78, 5) is 33.1. The van der Waals surface area contributed by atoms with E-state index in [1.165, 1.54) is 16.3 Å². The van der Waals surface area contributed by atoms with E-state index in [9.17, 15) is 18.0 Å². The number of hydrazone groups is 1. The van der Waals surface area contributed by atoms with E-state index >= 15 is 0 Å². The van der Waals surface area contributed by atoms with Gasteiger partial charge in [0.25, 0.3) is 5.91 Å². The van der Waals surface area contributed by atoms with Crippen molar-refractivity contribution in [2.24, 2.45) is 5.10 Å². The molecule has 2 aliphatic rings. The number of aromatic nitrogens is 2.